The van der Waals surface area contributed by atoms with Gasteiger partial charge in [0.25, 0.3) is 0 Å². The van der Waals surface area contributed by atoms with Crippen molar-refractivity contribution >= 4 is 10.9 Å². The Hall–Kier alpha value is -2.01. The van der Waals surface area contributed by atoms with E-state index in [1.54, 1.807) is 12.1 Å². The second-order valence-electron chi connectivity index (χ2n) is 3.03. The molecule has 2 aromatic rings. The van der Waals surface area contributed by atoms with E-state index in [9.17, 15) is 5.11 Å². The first-order valence-corrected chi connectivity index (χ1v) is 4.32. The molecule has 0 bridgehead atoms. The molecule has 1 N–H and O–H groups in total. The Labute approximate surface area is 82.2 Å². The van der Waals surface area contributed by atoms with Crippen molar-refractivity contribution in [2.45, 2.75) is 6.42 Å². The van der Waals surface area contributed by atoms with E-state index in [-0.39, 0.29) is 5.75 Å². The van der Waals surface area contributed by atoms with Crippen LogP contribution in [-0.4, -0.2) is 10.1 Å². The van der Waals surface area contributed by atoms with E-state index >= 15 is 0 Å². The van der Waals surface area contributed by atoms with Gasteiger partial charge in [-0.2, -0.15) is 0 Å². The number of benzene rings is 1. The van der Waals surface area contributed by atoms with Gasteiger partial charge < -0.3 is 5.11 Å². The van der Waals surface area contributed by atoms with Crippen LogP contribution in [0.5, 0.6) is 5.75 Å². The van der Waals surface area contributed by atoms with Gasteiger partial charge in [-0.3, -0.25) is 0 Å². The van der Waals surface area contributed by atoms with Crippen LogP contribution >= 0.6 is 0 Å². The maximum atomic E-state index is 9.55. The summed E-state index contributed by atoms with van der Waals surface area (Å²) in [5, 5.41) is 10.5. The van der Waals surface area contributed by atoms with Gasteiger partial charge >= 0.3 is 0 Å². The number of nitrogens with zero attached hydrogens (tertiary/aromatic N) is 1. The summed E-state index contributed by atoms with van der Waals surface area (Å²) < 4.78 is 0. The van der Waals surface area contributed by atoms with Crippen LogP contribution in [0.15, 0.2) is 30.3 Å². The normalized spacial score (nSPS) is 9.93. The second-order valence-corrected chi connectivity index (χ2v) is 3.03. The molecule has 1 aromatic heterocycles. The Bertz CT molecular complexity index is 511. The molecule has 2 rings (SSSR count). The monoisotopic (exact) mass is 183 g/mol. The molecule has 0 aliphatic rings. The summed E-state index contributed by atoms with van der Waals surface area (Å²) in [5.74, 6) is 2.72. The van der Waals surface area contributed by atoms with Gasteiger partial charge in [0.15, 0.2) is 0 Å². The molecule has 1 heterocycles. The van der Waals surface area contributed by atoms with Gasteiger partial charge in [-0.05, 0) is 12.1 Å². The van der Waals surface area contributed by atoms with Crippen molar-refractivity contribution in [2.75, 3.05) is 0 Å². The molecule has 0 atom stereocenters. The fourth-order valence-corrected chi connectivity index (χ4v) is 1.37. The highest BCUT2D eigenvalue weighted by atomic mass is 16.3. The lowest BCUT2D eigenvalue weighted by molar-refractivity contribution is 0.480. The fraction of sp³-hybridized carbons (Fsp3) is 0.0833. The number of phenolic OH excluding ortho intramolecular Hbond substituents is 1. The Morgan fingerprint density at radius 3 is 2.93 bits per heavy atom. The predicted molar refractivity (Wildman–Crippen MR) is 55.9 cm³/mol. The summed E-state index contributed by atoms with van der Waals surface area (Å²) in [5.41, 5.74) is 1.42. The number of fused-ring (bicyclic) bond motifs is 1. The number of hydrogen-bond donors (Lipinski definition) is 1. The third-order valence-corrected chi connectivity index (χ3v) is 2.04. The Morgan fingerprint density at radius 2 is 2.14 bits per heavy atom. The predicted octanol–water partition coefficient (Wildman–Crippen LogP) is 2.12. The van der Waals surface area contributed by atoms with Crippen molar-refractivity contribution in [1.82, 2.24) is 4.98 Å². The van der Waals surface area contributed by atoms with Crippen molar-refractivity contribution in [2.24, 2.45) is 0 Å². The second kappa shape index (κ2) is 3.39. The molecule has 2 nitrogen and oxygen atoms in total. The van der Waals surface area contributed by atoms with E-state index in [4.69, 9.17) is 6.42 Å². The van der Waals surface area contributed by atoms with Gasteiger partial charge in [0.1, 0.15) is 11.3 Å². The van der Waals surface area contributed by atoms with Crippen molar-refractivity contribution < 1.29 is 5.11 Å². The number of hydrogen-bond acceptors (Lipinski definition) is 2. The number of para-hydroxylation sites is 1. The summed E-state index contributed by atoms with van der Waals surface area (Å²) in [6.07, 6.45) is 5.68. The number of aromatic hydroxyl groups is 1. The van der Waals surface area contributed by atoms with Crippen LogP contribution in [0.3, 0.4) is 0 Å². The maximum Gasteiger partial charge on any atom is 0.141 e. The molecule has 0 spiro atoms. The highest BCUT2D eigenvalue weighted by Gasteiger charge is 2.01. The number of aromatic nitrogens is 1. The first-order chi connectivity index (χ1) is 6.81. The fourth-order valence-electron chi connectivity index (χ4n) is 1.37. The molecular formula is C12H9NO. The summed E-state index contributed by atoms with van der Waals surface area (Å²) in [6, 6.07) is 9.10. The van der Waals surface area contributed by atoms with Crippen LogP contribution in [0, 0.1) is 12.3 Å². The first kappa shape index (κ1) is 8.58. The quantitative estimate of drug-likeness (QED) is 0.687. The molecule has 2 heteroatoms. The van der Waals surface area contributed by atoms with E-state index < -0.39 is 0 Å². The molecule has 0 unspecified atom stereocenters. The Morgan fingerprint density at radius 1 is 1.29 bits per heavy atom. The standard InChI is InChI=1S/C12H9NO/c1-2-4-10-8-7-9-5-3-6-11(14)12(9)13-10/h1,3,5-8,14H,4H2. The van der Waals surface area contributed by atoms with Crippen molar-refractivity contribution in [1.29, 1.82) is 0 Å². The SMILES string of the molecule is C#CCc1ccc2cccc(O)c2n1. The molecule has 1 aromatic carbocycles. The van der Waals surface area contributed by atoms with Gasteiger partial charge in [0.05, 0.1) is 12.1 Å². The molecule has 14 heavy (non-hydrogen) atoms. The molecule has 0 aliphatic heterocycles. The van der Waals surface area contributed by atoms with Crippen LogP contribution in [0.2, 0.25) is 0 Å². The number of rotatable bonds is 1. The maximum absolute atomic E-state index is 9.55. The van der Waals surface area contributed by atoms with Crippen LogP contribution in [0.4, 0.5) is 0 Å². The third kappa shape index (κ3) is 1.40. The average molecular weight is 183 g/mol. The summed E-state index contributed by atoms with van der Waals surface area (Å²) in [7, 11) is 0. The zero-order valence-corrected chi connectivity index (χ0v) is 7.57. The van der Waals surface area contributed by atoms with Gasteiger partial charge in [-0.15, -0.1) is 12.3 Å². The zero-order valence-electron chi connectivity index (χ0n) is 7.57. The molecule has 0 radical (unpaired) electrons. The summed E-state index contributed by atoms with van der Waals surface area (Å²) in [4.78, 5) is 4.27. The summed E-state index contributed by atoms with van der Waals surface area (Å²) >= 11 is 0. The molecule has 68 valence electrons. The van der Waals surface area contributed by atoms with Gasteiger partial charge in [0, 0.05) is 5.39 Å². The van der Waals surface area contributed by atoms with Crippen molar-refractivity contribution in [3.63, 3.8) is 0 Å². The van der Waals surface area contributed by atoms with Gasteiger partial charge in [-0.25, -0.2) is 4.98 Å². The van der Waals surface area contributed by atoms with E-state index in [2.05, 4.69) is 10.9 Å². The van der Waals surface area contributed by atoms with Gasteiger partial charge in [0.2, 0.25) is 0 Å². The Balaban J connectivity index is 2.65. The van der Waals surface area contributed by atoms with E-state index in [0.717, 1.165) is 11.1 Å². The first-order valence-electron chi connectivity index (χ1n) is 4.32. The largest absolute Gasteiger partial charge is 0.506 e. The number of terminal acetylenes is 1. The van der Waals surface area contributed by atoms with Crippen LogP contribution in [0.25, 0.3) is 10.9 Å². The number of phenols is 1. The minimum Gasteiger partial charge on any atom is -0.506 e. The van der Waals surface area contributed by atoms with E-state index in [0.29, 0.717) is 11.9 Å². The van der Waals surface area contributed by atoms with Crippen LogP contribution < -0.4 is 0 Å². The summed E-state index contributed by atoms with van der Waals surface area (Å²) in [6.45, 7) is 0. The third-order valence-electron chi connectivity index (χ3n) is 2.04. The molecular weight excluding hydrogens is 174 g/mol. The van der Waals surface area contributed by atoms with Gasteiger partial charge in [-0.1, -0.05) is 18.2 Å². The molecule has 0 aliphatic carbocycles. The highest BCUT2D eigenvalue weighted by molar-refractivity contribution is 5.84. The minimum absolute atomic E-state index is 0.196. The van der Waals surface area contributed by atoms with Crippen molar-refractivity contribution in [3.8, 4) is 18.1 Å². The lowest BCUT2D eigenvalue weighted by atomic mass is 10.1. The van der Waals surface area contributed by atoms with E-state index in [1.807, 2.05) is 18.2 Å². The Kier molecular flexibility index (Phi) is 2.08. The highest BCUT2D eigenvalue weighted by Crippen LogP contribution is 2.22. The average Bonchev–Trinajstić information content (AvgIpc) is 2.20. The number of pyridine rings is 1. The lowest BCUT2D eigenvalue weighted by Gasteiger charge is -2.01. The molecule has 0 amide bonds. The smallest absolute Gasteiger partial charge is 0.141 e. The van der Waals surface area contributed by atoms with Crippen LogP contribution in [-0.2, 0) is 6.42 Å². The molecule has 0 saturated carbocycles. The topological polar surface area (TPSA) is 33.1 Å². The lowest BCUT2D eigenvalue weighted by Crippen LogP contribution is -1.88. The van der Waals surface area contributed by atoms with Crippen LogP contribution in [0.1, 0.15) is 5.69 Å². The minimum atomic E-state index is 0.196. The van der Waals surface area contributed by atoms with Crippen molar-refractivity contribution in [3.05, 3.63) is 36.0 Å². The molecule has 0 saturated heterocycles. The molecule has 0 fully saturated rings. The van der Waals surface area contributed by atoms with E-state index in [1.165, 1.54) is 0 Å². The zero-order chi connectivity index (χ0) is 9.97.